The fourth-order valence-corrected chi connectivity index (χ4v) is 1.64. The van der Waals surface area contributed by atoms with Crippen LogP contribution in [0.25, 0.3) is 0 Å². The van der Waals surface area contributed by atoms with Gasteiger partial charge < -0.3 is 0 Å². The van der Waals surface area contributed by atoms with Crippen LogP contribution >= 0.6 is 11.6 Å². The molecule has 0 aromatic heterocycles. The van der Waals surface area contributed by atoms with Gasteiger partial charge in [-0.3, -0.25) is 0 Å². The predicted molar refractivity (Wildman–Crippen MR) is 67.3 cm³/mol. The Morgan fingerprint density at radius 3 is 1.85 bits per heavy atom. The Morgan fingerprint density at radius 1 is 0.900 bits per heavy atom. The number of halogens is 1. The standard InChI is InChI=1S/C12H10Cl.3CO.Mn/c13-12-8-4-7-11(9-12)10-5-2-1-3-6-10;3*1-2;/h1-9,11H;;;;. The third-order valence-electron chi connectivity index (χ3n) is 2.10. The molecule has 1 aliphatic rings. The first-order valence-corrected chi connectivity index (χ1v) is 5.29. The molecule has 0 N–H and O–H groups in total. The smallest absolute Gasteiger partial charge is 0 e. The molecule has 102 valence electrons. The van der Waals surface area contributed by atoms with Gasteiger partial charge in [0.2, 0.25) is 0 Å². The van der Waals surface area contributed by atoms with Crippen LogP contribution in [0.5, 0.6) is 0 Å². The maximum atomic E-state index is 7.50. The predicted octanol–water partition coefficient (Wildman–Crippen LogP) is 3.26. The van der Waals surface area contributed by atoms with Crippen molar-refractivity contribution in [3.8, 4) is 0 Å². The van der Waals surface area contributed by atoms with E-state index < -0.39 is 0 Å². The first-order chi connectivity index (χ1) is 9.36. The Kier molecular flexibility index (Phi) is 22.2. The van der Waals surface area contributed by atoms with Crippen molar-refractivity contribution in [1.29, 1.82) is 0 Å². The molecular weight excluding hydrogens is 319 g/mol. The minimum Gasteiger partial charge on any atom is 0 e. The molecule has 2 rings (SSSR count). The van der Waals surface area contributed by atoms with Crippen LogP contribution in [0.3, 0.4) is 0 Å². The summed E-state index contributed by atoms with van der Waals surface area (Å²) in [6, 6.07) is 10.3. The van der Waals surface area contributed by atoms with Crippen LogP contribution in [0.1, 0.15) is 11.5 Å². The molecule has 0 saturated heterocycles. The van der Waals surface area contributed by atoms with Gasteiger partial charge in [-0.25, -0.2) is 0 Å². The van der Waals surface area contributed by atoms with Gasteiger partial charge in [0.1, 0.15) is 0 Å². The van der Waals surface area contributed by atoms with Crippen molar-refractivity contribution in [3.63, 3.8) is 0 Å². The van der Waals surface area contributed by atoms with Gasteiger partial charge in [0.25, 0.3) is 0 Å². The molecule has 3 nitrogen and oxygen atoms in total. The summed E-state index contributed by atoms with van der Waals surface area (Å²) in [5.41, 5.74) is 1.28. The molecule has 0 spiro atoms. The van der Waals surface area contributed by atoms with Gasteiger partial charge in [0, 0.05) is 17.1 Å². The molecule has 20 heavy (non-hydrogen) atoms. The van der Waals surface area contributed by atoms with Crippen LogP contribution in [-0.4, -0.2) is 0 Å². The maximum absolute atomic E-state index is 7.50. The van der Waals surface area contributed by atoms with Crippen LogP contribution in [0.4, 0.5) is 0 Å². The Labute approximate surface area is 135 Å². The van der Waals surface area contributed by atoms with Crippen molar-refractivity contribution >= 4 is 11.6 Å². The molecule has 1 aliphatic carbocycles. The molecular formula is C15H10ClMnO3. The second-order valence-electron chi connectivity index (χ2n) is 3.04. The van der Waals surface area contributed by atoms with E-state index in [0.717, 1.165) is 5.38 Å². The van der Waals surface area contributed by atoms with Crippen molar-refractivity contribution in [2.24, 2.45) is 0 Å². The van der Waals surface area contributed by atoms with Gasteiger partial charge in [-0.15, -0.1) is 11.6 Å². The molecule has 0 amide bonds. The zero-order chi connectivity index (χ0) is 15.1. The minimum atomic E-state index is 0. The molecule has 0 heterocycles. The number of hydrogen-bond acceptors (Lipinski definition) is 0. The topological polar surface area (TPSA) is 59.7 Å². The molecule has 5 heteroatoms. The van der Waals surface area contributed by atoms with E-state index in [1.165, 1.54) is 5.56 Å². The van der Waals surface area contributed by atoms with Gasteiger partial charge in [-0.2, -0.15) is 0 Å². The van der Waals surface area contributed by atoms with Crippen LogP contribution in [0.2, 0.25) is 0 Å². The SMILES string of the molecule is Cl[C]1[CH][CH][CH]C(c2ccccc2)[CH]1.[C-]#[O+].[C-]#[O+].[C-]#[O+].[Mn]. The minimum absolute atomic E-state index is 0. The third-order valence-corrected chi connectivity index (χ3v) is 2.35. The molecule has 6 radical (unpaired) electrons. The van der Waals surface area contributed by atoms with E-state index in [2.05, 4.69) is 44.9 Å². The van der Waals surface area contributed by atoms with Gasteiger partial charge in [0.05, 0.1) is 5.38 Å². The van der Waals surface area contributed by atoms with Gasteiger partial charge in [-0.05, 0) is 37.2 Å². The molecule has 1 fully saturated rings. The number of hydrogen-bond donors (Lipinski definition) is 0. The summed E-state index contributed by atoms with van der Waals surface area (Å²) < 4.78 is 22.5. The van der Waals surface area contributed by atoms with Crippen molar-refractivity contribution in [1.82, 2.24) is 0 Å². The number of benzene rings is 1. The molecule has 0 bridgehead atoms. The normalized spacial score (nSPS) is 16.2. The third kappa shape index (κ3) is 10.1. The largest absolute Gasteiger partial charge is 0 e. The van der Waals surface area contributed by atoms with Crippen LogP contribution in [-0.2, 0) is 31.0 Å². The van der Waals surface area contributed by atoms with Gasteiger partial charge in [0.15, 0.2) is 0 Å². The van der Waals surface area contributed by atoms with Crippen LogP contribution in [0.15, 0.2) is 30.3 Å². The van der Waals surface area contributed by atoms with Gasteiger partial charge >= 0.3 is 33.9 Å². The number of rotatable bonds is 1. The van der Waals surface area contributed by atoms with E-state index in [1.807, 2.05) is 31.0 Å². The Hall–Kier alpha value is -0.751. The Balaban J connectivity index is -0.000000368. The zero-order valence-electron chi connectivity index (χ0n) is 10.3. The van der Waals surface area contributed by atoms with E-state index in [9.17, 15) is 0 Å². The van der Waals surface area contributed by atoms with Crippen molar-refractivity contribution < 1.29 is 31.0 Å². The maximum Gasteiger partial charge on any atom is 0 e. The fourth-order valence-electron chi connectivity index (χ4n) is 1.43. The van der Waals surface area contributed by atoms with Crippen LogP contribution in [0, 0.1) is 51.0 Å². The van der Waals surface area contributed by atoms with Crippen molar-refractivity contribution in [3.05, 3.63) is 86.9 Å². The average molecular weight is 329 g/mol. The quantitative estimate of drug-likeness (QED) is 0.432. The summed E-state index contributed by atoms with van der Waals surface area (Å²) in [5, 5.41) is 0.816. The first-order valence-electron chi connectivity index (χ1n) is 4.91. The molecule has 1 aromatic carbocycles. The second kappa shape index (κ2) is 18.2. The summed E-state index contributed by atoms with van der Waals surface area (Å²) in [5.74, 6) is 0.332. The molecule has 1 aromatic rings. The Bertz CT molecular complexity index is 361. The summed E-state index contributed by atoms with van der Waals surface area (Å²) in [6.45, 7) is 13.5. The summed E-state index contributed by atoms with van der Waals surface area (Å²) >= 11 is 5.92. The van der Waals surface area contributed by atoms with E-state index in [4.69, 9.17) is 25.6 Å². The summed E-state index contributed by atoms with van der Waals surface area (Å²) in [6.07, 6.45) is 8.10. The van der Waals surface area contributed by atoms with Crippen molar-refractivity contribution in [2.45, 2.75) is 5.92 Å². The van der Waals surface area contributed by atoms with E-state index >= 15 is 0 Å². The zero-order valence-corrected chi connectivity index (χ0v) is 12.2. The monoisotopic (exact) mass is 328 g/mol. The Morgan fingerprint density at radius 2 is 1.40 bits per heavy atom. The van der Waals surface area contributed by atoms with Crippen molar-refractivity contribution in [2.75, 3.05) is 0 Å². The van der Waals surface area contributed by atoms with E-state index in [1.54, 1.807) is 0 Å². The second-order valence-corrected chi connectivity index (χ2v) is 3.48. The molecule has 1 atom stereocenters. The first kappa shape index (κ1) is 24.3. The van der Waals surface area contributed by atoms with Crippen LogP contribution < -0.4 is 0 Å². The summed E-state index contributed by atoms with van der Waals surface area (Å²) in [7, 11) is 0. The van der Waals surface area contributed by atoms with E-state index in [0.29, 0.717) is 5.92 Å². The average Bonchev–Trinajstić information content (AvgIpc) is 2.54. The molecule has 1 unspecified atom stereocenters. The van der Waals surface area contributed by atoms with Gasteiger partial charge in [-0.1, -0.05) is 30.3 Å². The molecule has 0 aliphatic heterocycles. The van der Waals surface area contributed by atoms with E-state index in [-0.39, 0.29) is 17.1 Å². The summed E-state index contributed by atoms with van der Waals surface area (Å²) in [4.78, 5) is 0. The molecule has 1 saturated carbocycles. The fraction of sp³-hybridized carbons (Fsp3) is 0.0667.